The van der Waals surface area contributed by atoms with Crippen LogP contribution in [0.15, 0.2) is 109 Å². The monoisotopic (exact) mass is 429 g/mol. The molecule has 0 fully saturated rings. The molecule has 162 valence electrons. The van der Waals surface area contributed by atoms with Gasteiger partial charge < -0.3 is 0 Å². The van der Waals surface area contributed by atoms with Gasteiger partial charge in [0.05, 0.1) is 0 Å². The number of nitrogens with zero attached hydrogens (tertiary/aromatic N) is 3. The normalized spacial score (nSPS) is 11.5. The third-order valence-corrected chi connectivity index (χ3v) is 5.94. The predicted octanol–water partition coefficient (Wildman–Crippen LogP) is 7.57. The molecule has 0 aliphatic heterocycles. The molecule has 1 heterocycles. The largest absolute Gasteiger partial charge is 0.275 e. The summed E-state index contributed by atoms with van der Waals surface area (Å²) in [6, 6.07) is 37.9. The van der Waals surface area contributed by atoms with Crippen molar-refractivity contribution < 1.29 is 0 Å². The zero-order valence-electron chi connectivity index (χ0n) is 19.2. The summed E-state index contributed by atoms with van der Waals surface area (Å²) in [5, 5.41) is 9.39. The molecule has 0 N–H and O–H groups in total. The van der Waals surface area contributed by atoms with Gasteiger partial charge in [-0.05, 0) is 34.2 Å². The lowest BCUT2D eigenvalue weighted by Gasteiger charge is -2.19. The second kappa shape index (κ2) is 8.51. The van der Waals surface area contributed by atoms with E-state index in [-0.39, 0.29) is 5.41 Å². The lowest BCUT2D eigenvalue weighted by Crippen LogP contribution is -2.10. The van der Waals surface area contributed by atoms with Crippen LogP contribution in [0.3, 0.4) is 0 Å². The Kier molecular flexibility index (Phi) is 5.39. The molecular weight excluding hydrogens is 402 g/mol. The van der Waals surface area contributed by atoms with Gasteiger partial charge in [-0.3, -0.25) is 4.57 Å². The van der Waals surface area contributed by atoms with Crippen molar-refractivity contribution in [1.29, 1.82) is 0 Å². The fourth-order valence-corrected chi connectivity index (χ4v) is 4.13. The van der Waals surface area contributed by atoms with E-state index in [1.54, 1.807) is 0 Å². The Morgan fingerprint density at radius 2 is 1.06 bits per heavy atom. The van der Waals surface area contributed by atoms with Gasteiger partial charge in [-0.1, -0.05) is 118 Å². The first-order valence-corrected chi connectivity index (χ1v) is 11.3. The zero-order valence-corrected chi connectivity index (χ0v) is 19.2. The fraction of sp³-hybridized carbons (Fsp3) is 0.133. The van der Waals surface area contributed by atoms with Crippen LogP contribution in [0.1, 0.15) is 26.3 Å². The highest BCUT2D eigenvalue weighted by Gasteiger charge is 2.20. The minimum Gasteiger partial charge on any atom is -0.275 e. The van der Waals surface area contributed by atoms with E-state index in [9.17, 15) is 0 Å². The molecule has 0 saturated carbocycles. The maximum atomic E-state index is 4.71. The van der Waals surface area contributed by atoms with Gasteiger partial charge in [0, 0.05) is 16.8 Å². The van der Waals surface area contributed by atoms with E-state index in [1.807, 2.05) is 12.1 Å². The van der Waals surface area contributed by atoms with Crippen molar-refractivity contribution in [3.63, 3.8) is 0 Å². The van der Waals surface area contributed by atoms with Crippen LogP contribution in [-0.2, 0) is 5.41 Å². The Labute approximate surface area is 195 Å². The molecule has 0 unspecified atom stereocenters. The van der Waals surface area contributed by atoms with E-state index in [1.165, 1.54) is 5.56 Å². The van der Waals surface area contributed by atoms with Gasteiger partial charge in [0.1, 0.15) is 0 Å². The summed E-state index contributed by atoms with van der Waals surface area (Å²) in [6.07, 6.45) is 0. The minimum absolute atomic E-state index is 0.103. The number of rotatable bonds is 4. The van der Waals surface area contributed by atoms with Crippen molar-refractivity contribution >= 4 is 0 Å². The average Bonchev–Trinajstić information content (AvgIpc) is 3.30. The summed E-state index contributed by atoms with van der Waals surface area (Å²) in [5.74, 6) is 1.66. The van der Waals surface area contributed by atoms with E-state index in [4.69, 9.17) is 5.10 Å². The van der Waals surface area contributed by atoms with Gasteiger partial charge >= 0.3 is 0 Å². The maximum Gasteiger partial charge on any atom is 0.169 e. The Bertz CT molecular complexity index is 1360. The first kappa shape index (κ1) is 20.9. The summed E-state index contributed by atoms with van der Waals surface area (Å²) in [7, 11) is 0. The van der Waals surface area contributed by atoms with E-state index < -0.39 is 0 Å². The molecule has 1 aromatic heterocycles. The highest BCUT2D eigenvalue weighted by atomic mass is 15.3. The van der Waals surface area contributed by atoms with E-state index in [0.717, 1.165) is 39.6 Å². The Morgan fingerprint density at radius 3 is 1.70 bits per heavy atom. The standard InChI is InChI=1S/C30H27N3/c1-30(2,3)24-20-18-23(19-21-24)28-31-32-29(33(28)25-14-8-5-9-15-25)27-17-11-10-16-26(27)22-12-6-4-7-13-22/h4-21H,1-3H3. The quantitative estimate of drug-likeness (QED) is 0.295. The summed E-state index contributed by atoms with van der Waals surface area (Å²) < 4.78 is 2.16. The number of benzene rings is 4. The van der Waals surface area contributed by atoms with Crippen molar-refractivity contribution in [2.24, 2.45) is 0 Å². The lowest BCUT2D eigenvalue weighted by atomic mass is 9.86. The van der Waals surface area contributed by atoms with Crippen molar-refractivity contribution in [2.45, 2.75) is 26.2 Å². The van der Waals surface area contributed by atoms with Crippen LogP contribution < -0.4 is 0 Å². The second-order valence-electron chi connectivity index (χ2n) is 9.26. The van der Waals surface area contributed by atoms with Crippen LogP contribution >= 0.6 is 0 Å². The van der Waals surface area contributed by atoms with Crippen LogP contribution in [0.5, 0.6) is 0 Å². The molecule has 5 aromatic rings. The van der Waals surface area contributed by atoms with Crippen LogP contribution in [-0.4, -0.2) is 14.8 Å². The molecular formula is C30H27N3. The van der Waals surface area contributed by atoms with Crippen LogP contribution in [0.2, 0.25) is 0 Å². The van der Waals surface area contributed by atoms with Gasteiger partial charge in [0.25, 0.3) is 0 Å². The summed E-state index contributed by atoms with van der Waals surface area (Å²) in [4.78, 5) is 0. The molecule has 3 heteroatoms. The summed E-state index contributed by atoms with van der Waals surface area (Å²) >= 11 is 0. The predicted molar refractivity (Wildman–Crippen MR) is 136 cm³/mol. The third kappa shape index (κ3) is 4.10. The SMILES string of the molecule is CC(C)(C)c1ccc(-c2nnc(-c3ccccc3-c3ccccc3)n2-c2ccccc2)cc1. The molecule has 0 aliphatic carbocycles. The molecule has 0 spiro atoms. The Balaban J connectivity index is 1.71. The molecule has 5 rings (SSSR count). The van der Waals surface area contributed by atoms with Crippen LogP contribution in [0, 0.1) is 0 Å². The topological polar surface area (TPSA) is 30.7 Å². The second-order valence-corrected chi connectivity index (χ2v) is 9.26. The molecule has 3 nitrogen and oxygen atoms in total. The maximum absolute atomic E-state index is 4.71. The number of aromatic nitrogens is 3. The molecule has 0 bridgehead atoms. The van der Waals surface area contributed by atoms with Crippen LogP contribution in [0.4, 0.5) is 0 Å². The van der Waals surface area contributed by atoms with Gasteiger partial charge in [-0.2, -0.15) is 0 Å². The highest BCUT2D eigenvalue weighted by molar-refractivity contribution is 5.82. The molecule has 0 aliphatic rings. The first-order chi connectivity index (χ1) is 16.0. The summed E-state index contributed by atoms with van der Waals surface area (Å²) in [6.45, 7) is 6.69. The van der Waals surface area contributed by atoms with E-state index >= 15 is 0 Å². The first-order valence-electron chi connectivity index (χ1n) is 11.3. The van der Waals surface area contributed by atoms with Gasteiger partial charge in [-0.15, -0.1) is 10.2 Å². The smallest absolute Gasteiger partial charge is 0.169 e. The molecule has 0 atom stereocenters. The average molecular weight is 430 g/mol. The molecule has 0 saturated heterocycles. The molecule has 33 heavy (non-hydrogen) atoms. The molecule has 4 aromatic carbocycles. The number of hydrogen-bond acceptors (Lipinski definition) is 2. The number of hydrogen-bond donors (Lipinski definition) is 0. The fourth-order valence-electron chi connectivity index (χ4n) is 4.13. The number of para-hydroxylation sites is 1. The van der Waals surface area contributed by atoms with Crippen molar-refractivity contribution in [3.8, 4) is 39.6 Å². The van der Waals surface area contributed by atoms with Gasteiger partial charge in [0.15, 0.2) is 11.6 Å². The Morgan fingerprint density at radius 1 is 0.515 bits per heavy atom. The van der Waals surface area contributed by atoms with E-state index in [0.29, 0.717) is 0 Å². The highest BCUT2D eigenvalue weighted by Crippen LogP contribution is 2.35. The third-order valence-electron chi connectivity index (χ3n) is 5.94. The van der Waals surface area contributed by atoms with Gasteiger partial charge in [0.2, 0.25) is 0 Å². The van der Waals surface area contributed by atoms with Crippen LogP contribution in [0.25, 0.3) is 39.6 Å². The molecule has 0 radical (unpaired) electrons. The van der Waals surface area contributed by atoms with E-state index in [2.05, 4.69) is 127 Å². The molecule has 0 amide bonds. The van der Waals surface area contributed by atoms with Crippen molar-refractivity contribution in [1.82, 2.24) is 14.8 Å². The van der Waals surface area contributed by atoms with Crippen molar-refractivity contribution in [2.75, 3.05) is 0 Å². The minimum atomic E-state index is 0.103. The summed E-state index contributed by atoms with van der Waals surface area (Å²) in [5.41, 5.74) is 6.83. The lowest BCUT2D eigenvalue weighted by molar-refractivity contribution is 0.590. The van der Waals surface area contributed by atoms with Gasteiger partial charge in [-0.25, -0.2) is 0 Å². The van der Waals surface area contributed by atoms with Crippen molar-refractivity contribution in [3.05, 3.63) is 115 Å². The Hall–Kier alpha value is -3.98. The zero-order chi connectivity index (χ0) is 22.8.